The molecule has 0 aliphatic carbocycles. The molecule has 9 heteroatoms. The topological polar surface area (TPSA) is 94.6 Å². The van der Waals surface area contributed by atoms with E-state index >= 15 is 0 Å². The number of hydrogen-bond acceptors (Lipinski definition) is 7. The highest BCUT2D eigenvalue weighted by atomic mass is 16.5. The number of rotatable bonds is 6. The summed E-state index contributed by atoms with van der Waals surface area (Å²) in [6.45, 7) is 0.547. The minimum absolute atomic E-state index is 0.118. The van der Waals surface area contributed by atoms with Crippen molar-refractivity contribution in [2.75, 3.05) is 35.0 Å². The van der Waals surface area contributed by atoms with Crippen molar-refractivity contribution in [3.63, 3.8) is 0 Å². The van der Waals surface area contributed by atoms with E-state index in [1.807, 2.05) is 17.0 Å². The van der Waals surface area contributed by atoms with Gasteiger partial charge in [-0.15, -0.1) is 0 Å². The van der Waals surface area contributed by atoms with Crippen molar-refractivity contribution in [2.45, 2.75) is 43.8 Å². The highest BCUT2D eigenvalue weighted by molar-refractivity contribution is 6.43. The summed E-state index contributed by atoms with van der Waals surface area (Å²) >= 11 is 0. The summed E-state index contributed by atoms with van der Waals surface area (Å²) in [5.41, 5.74) is 2.11. The quantitative estimate of drug-likeness (QED) is 0.450. The van der Waals surface area contributed by atoms with Crippen LogP contribution in [-0.4, -0.2) is 74.5 Å². The number of carbonyl (C=O) groups is 3. The molecule has 3 heterocycles. The number of hydrogen-bond donors (Lipinski definition) is 0. The number of methoxy groups -OCH3 is 4. The Labute approximate surface area is 209 Å². The van der Waals surface area contributed by atoms with Gasteiger partial charge in [0.25, 0.3) is 11.7 Å². The number of ether oxygens (including phenoxy) is 4. The van der Waals surface area contributed by atoms with Gasteiger partial charge in [-0.05, 0) is 55.5 Å². The molecule has 190 valence electrons. The van der Waals surface area contributed by atoms with Crippen LogP contribution in [0.5, 0.6) is 23.0 Å². The molecule has 3 aliphatic rings. The number of amides is 2. The summed E-state index contributed by atoms with van der Waals surface area (Å²) in [5, 5.41) is 0. The van der Waals surface area contributed by atoms with Gasteiger partial charge >= 0.3 is 0 Å². The van der Waals surface area contributed by atoms with Crippen LogP contribution in [-0.2, 0) is 16.0 Å². The van der Waals surface area contributed by atoms with Gasteiger partial charge < -0.3 is 28.7 Å². The minimum atomic E-state index is -0.676. The predicted molar refractivity (Wildman–Crippen MR) is 130 cm³/mol. The fourth-order valence-electron chi connectivity index (χ4n) is 5.95. The maximum Gasteiger partial charge on any atom is 0.295 e. The summed E-state index contributed by atoms with van der Waals surface area (Å²) in [6.07, 6.45) is 2.69. The zero-order valence-electron chi connectivity index (χ0n) is 20.9. The van der Waals surface area contributed by atoms with Crippen molar-refractivity contribution in [3.05, 3.63) is 47.0 Å². The fourth-order valence-corrected chi connectivity index (χ4v) is 5.95. The first kappa shape index (κ1) is 24.0. The van der Waals surface area contributed by atoms with Crippen LogP contribution in [0.4, 0.5) is 0 Å². The minimum Gasteiger partial charge on any atom is -0.497 e. The lowest BCUT2D eigenvalue weighted by molar-refractivity contribution is -0.164. The first-order valence-electron chi connectivity index (χ1n) is 12.1. The molecule has 2 aromatic carbocycles. The monoisotopic (exact) mass is 494 g/mol. The number of Topliss-reactive ketones (excluding diaryl/α,β-unsaturated/α-hetero) is 1. The molecule has 2 aromatic rings. The van der Waals surface area contributed by atoms with Crippen LogP contribution >= 0.6 is 0 Å². The molecule has 2 fully saturated rings. The van der Waals surface area contributed by atoms with Gasteiger partial charge in [-0.3, -0.25) is 14.4 Å². The third-order valence-corrected chi connectivity index (χ3v) is 7.59. The van der Waals surface area contributed by atoms with Crippen molar-refractivity contribution in [1.29, 1.82) is 0 Å². The van der Waals surface area contributed by atoms with E-state index in [1.165, 1.54) is 25.2 Å². The summed E-state index contributed by atoms with van der Waals surface area (Å²) in [4.78, 5) is 44.2. The molecular weight excluding hydrogens is 464 g/mol. The maximum atomic E-state index is 13.7. The van der Waals surface area contributed by atoms with E-state index < -0.39 is 17.7 Å². The molecule has 0 spiro atoms. The number of nitrogens with zero attached hydrogens (tertiary/aromatic N) is 2. The lowest BCUT2D eigenvalue weighted by Crippen LogP contribution is -2.68. The highest BCUT2D eigenvalue weighted by Crippen LogP contribution is 2.48. The van der Waals surface area contributed by atoms with Gasteiger partial charge in [0.2, 0.25) is 5.91 Å². The molecule has 3 atom stereocenters. The zero-order valence-corrected chi connectivity index (χ0v) is 20.9. The van der Waals surface area contributed by atoms with Crippen LogP contribution in [0, 0.1) is 0 Å². The molecule has 0 saturated carbocycles. The fraction of sp³-hybridized carbons (Fsp3) is 0.444. The zero-order chi connectivity index (χ0) is 25.6. The number of fused-ring (bicyclic) bond motifs is 6. The second-order valence-electron chi connectivity index (χ2n) is 9.25. The average Bonchev–Trinajstić information content (AvgIpc) is 2.93. The van der Waals surface area contributed by atoms with Crippen LogP contribution < -0.4 is 18.9 Å². The lowest BCUT2D eigenvalue weighted by Gasteiger charge is -2.55. The molecular formula is C27H30N2O7. The summed E-state index contributed by atoms with van der Waals surface area (Å²) in [6, 6.07) is 7.04. The Hall–Kier alpha value is -3.75. The molecule has 36 heavy (non-hydrogen) atoms. The first-order chi connectivity index (χ1) is 17.4. The van der Waals surface area contributed by atoms with Crippen LogP contribution in [0.2, 0.25) is 0 Å². The highest BCUT2D eigenvalue weighted by Gasteiger charge is 2.54. The first-order valence-corrected chi connectivity index (χ1v) is 12.1. The van der Waals surface area contributed by atoms with Gasteiger partial charge in [0.15, 0.2) is 11.5 Å². The molecule has 0 N–H and O–H groups in total. The third-order valence-electron chi connectivity index (χ3n) is 7.59. The number of piperidine rings is 1. The summed E-state index contributed by atoms with van der Waals surface area (Å²) in [5.74, 6) is 0.652. The van der Waals surface area contributed by atoms with Crippen LogP contribution in [0.3, 0.4) is 0 Å². The van der Waals surface area contributed by atoms with Gasteiger partial charge in [-0.25, -0.2) is 0 Å². The maximum absolute atomic E-state index is 13.7. The Balaban J connectivity index is 1.55. The lowest BCUT2D eigenvalue weighted by atomic mass is 9.78. The van der Waals surface area contributed by atoms with Crippen LogP contribution in [0.1, 0.15) is 46.8 Å². The molecule has 2 saturated heterocycles. The molecule has 1 unspecified atom stereocenters. The molecule has 0 aromatic heterocycles. The molecule has 5 rings (SSSR count). The van der Waals surface area contributed by atoms with Crippen molar-refractivity contribution >= 4 is 17.6 Å². The normalized spacial score (nSPS) is 22.3. The van der Waals surface area contributed by atoms with E-state index in [9.17, 15) is 14.4 Å². The van der Waals surface area contributed by atoms with Gasteiger partial charge in [-0.1, -0.05) is 0 Å². The molecule has 3 aliphatic heterocycles. The molecule has 9 nitrogen and oxygen atoms in total. The smallest absolute Gasteiger partial charge is 0.295 e. The van der Waals surface area contributed by atoms with E-state index in [0.717, 1.165) is 17.5 Å². The van der Waals surface area contributed by atoms with Gasteiger partial charge in [0.05, 0.1) is 40.5 Å². The van der Waals surface area contributed by atoms with Crippen molar-refractivity contribution < 1.29 is 33.3 Å². The largest absolute Gasteiger partial charge is 0.497 e. The van der Waals surface area contributed by atoms with E-state index in [-0.39, 0.29) is 23.6 Å². The second kappa shape index (κ2) is 9.37. The van der Waals surface area contributed by atoms with Gasteiger partial charge in [-0.2, -0.15) is 0 Å². The van der Waals surface area contributed by atoms with Gasteiger partial charge in [0.1, 0.15) is 17.5 Å². The second-order valence-corrected chi connectivity index (χ2v) is 9.25. The van der Waals surface area contributed by atoms with Gasteiger partial charge in [0, 0.05) is 23.7 Å². The van der Waals surface area contributed by atoms with E-state index in [1.54, 1.807) is 26.4 Å². The molecule has 2 amide bonds. The van der Waals surface area contributed by atoms with Crippen molar-refractivity contribution in [2.24, 2.45) is 0 Å². The van der Waals surface area contributed by atoms with Crippen molar-refractivity contribution in [1.82, 2.24) is 9.80 Å². The SMILES string of the molecule is COc1cc2c(c(OC)c1)C1[C@H]3CCC[C@@H](C(=O)N1CC2)N3C(=O)C(=O)c1ccc(OC)c(OC)c1. The Kier molecular flexibility index (Phi) is 6.24. The van der Waals surface area contributed by atoms with E-state index in [0.29, 0.717) is 48.8 Å². The molecule has 2 bridgehead atoms. The standard InChI is InChI=1S/C27H30N2O7/c1-33-17-12-15-10-11-28-24(23(15)22(14-17)36-4)18-6-5-7-19(26(28)31)29(18)27(32)25(30)16-8-9-20(34-2)21(13-16)35-3/h8-9,12-14,18-19,24H,5-7,10-11H2,1-4H3/t18-,19+,24?/m1/s1. The summed E-state index contributed by atoms with van der Waals surface area (Å²) < 4.78 is 21.7. The van der Waals surface area contributed by atoms with Crippen LogP contribution in [0.15, 0.2) is 30.3 Å². The number of ketones is 1. The Morgan fingerprint density at radius 2 is 1.64 bits per heavy atom. The number of carbonyl (C=O) groups excluding carboxylic acids is 3. The molecule has 0 radical (unpaired) electrons. The Morgan fingerprint density at radius 1 is 0.889 bits per heavy atom. The van der Waals surface area contributed by atoms with Crippen LogP contribution in [0.25, 0.3) is 0 Å². The Morgan fingerprint density at radius 3 is 2.33 bits per heavy atom. The third kappa shape index (κ3) is 3.65. The van der Waals surface area contributed by atoms with Crippen molar-refractivity contribution in [3.8, 4) is 23.0 Å². The average molecular weight is 495 g/mol. The number of benzene rings is 2. The summed E-state index contributed by atoms with van der Waals surface area (Å²) in [7, 11) is 6.17. The number of piperazine rings is 1. The van der Waals surface area contributed by atoms with E-state index in [4.69, 9.17) is 18.9 Å². The van der Waals surface area contributed by atoms with E-state index in [2.05, 4.69) is 0 Å². The predicted octanol–water partition coefficient (Wildman–Crippen LogP) is 2.79. The Bertz CT molecular complexity index is 1210.